The van der Waals surface area contributed by atoms with E-state index < -0.39 is 16.1 Å². The Hall–Kier alpha value is -1.09. The minimum atomic E-state index is -3.72. The van der Waals surface area contributed by atoms with Crippen molar-refractivity contribution in [2.45, 2.75) is 17.4 Å². The molecule has 1 aromatic carbocycles. The molecular weight excluding hydrogens is 286 g/mol. The number of sulfonamides is 1. The summed E-state index contributed by atoms with van der Waals surface area (Å²) in [6.07, 6.45) is 2.53. The van der Waals surface area contributed by atoms with E-state index in [-0.39, 0.29) is 10.8 Å². The zero-order valence-corrected chi connectivity index (χ0v) is 12.1. The number of thioether (sulfide) groups is 1. The standard InChI is InChI=1S/C11H17N3O3S2/c1-18-7-6-10(12)11(15)14-8-2-4-9(5-3-8)19(13,16)17/h2-5,10H,6-7,12H2,1H3,(H,14,15)(H2,13,16,17)/t10-/m0/s1. The molecule has 0 saturated carbocycles. The predicted molar refractivity (Wildman–Crippen MR) is 77.4 cm³/mol. The van der Waals surface area contributed by atoms with Gasteiger partial charge < -0.3 is 11.1 Å². The van der Waals surface area contributed by atoms with Crippen molar-refractivity contribution in [2.75, 3.05) is 17.3 Å². The first-order valence-corrected chi connectivity index (χ1v) is 8.47. The Bertz CT molecular complexity index is 529. The maximum absolute atomic E-state index is 11.7. The van der Waals surface area contributed by atoms with E-state index in [0.29, 0.717) is 12.1 Å². The van der Waals surface area contributed by atoms with Crippen LogP contribution in [0.2, 0.25) is 0 Å². The number of amides is 1. The molecule has 0 radical (unpaired) electrons. The SMILES string of the molecule is CSCC[C@H](N)C(=O)Nc1ccc(S(N)(=O)=O)cc1. The molecule has 0 aliphatic rings. The molecule has 0 fully saturated rings. The molecule has 8 heteroatoms. The molecule has 0 aliphatic heterocycles. The van der Waals surface area contributed by atoms with Gasteiger partial charge in [0.25, 0.3) is 0 Å². The zero-order chi connectivity index (χ0) is 14.5. The topological polar surface area (TPSA) is 115 Å². The number of carbonyl (C=O) groups is 1. The fourth-order valence-electron chi connectivity index (χ4n) is 1.34. The van der Waals surface area contributed by atoms with Crippen LogP contribution in [0.3, 0.4) is 0 Å². The monoisotopic (exact) mass is 303 g/mol. The lowest BCUT2D eigenvalue weighted by atomic mass is 10.2. The lowest BCUT2D eigenvalue weighted by Gasteiger charge is -2.11. The highest BCUT2D eigenvalue weighted by molar-refractivity contribution is 7.98. The Morgan fingerprint density at radius 3 is 2.42 bits per heavy atom. The molecule has 0 saturated heterocycles. The van der Waals surface area contributed by atoms with E-state index in [1.54, 1.807) is 11.8 Å². The number of rotatable bonds is 6. The Labute approximate surface area is 117 Å². The van der Waals surface area contributed by atoms with Crippen LogP contribution in [0, 0.1) is 0 Å². The van der Waals surface area contributed by atoms with Gasteiger partial charge in [-0.1, -0.05) is 0 Å². The number of primary sulfonamides is 1. The van der Waals surface area contributed by atoms with Crippen LogP contribution in [-0.2, 0) is 14.8 Å². The first kappa shape index (κ1) is 16.0. The van der Waals surface area contributed by atoms with Crippen LogP contribution in [0.25, 0.3) is 0 Å². The highest BCUT2D eigenvalue weighted by Crippen LogP contribution is 2.13. The fraction of sp³-hybridized carbons (Fsp3) is 0.364. The quantitative estimate of drug-likeness (QED) is 0.701. The Balaban J connectivity index is 2.65. The molecule has 5 N–H and O–H groups in total. The van der Waals surface area contributed by atoms with Gasteiger partial charge >= 0.3 is 0 Å². The summed E-state index contributed by atoms with van der Waals surface area (Å²) in [7, 11) is -3.72. The van der Waals surface area contributed by atoms with Gasteiger partial charge in [0.2, 0.25) is 15.9 Å². The Morgan fingerprint density at radius 2 is 1.95 bits per heavy atom. The number of benzene rings is 1. The third-order valence-corrected chi connectivity index (χ3v) is 3.99. The van der Waals surface area contributed by atoms with Gasteiger partial charge in [-0.2, -0.15) is 11.8 Å². The first-order valence-electron chi connectivity index (χ1n) is 5.53. The summed E-state index contributed by atoms with van der Waals surface area (Å²) in [5, 5.41) is 7.59. The molecule has 0 heterocycles. The van der Waals surface area contributed by atoms with Gasteiger partial charge in [0.1, 0.15) is 0 Å². The van der Waals surface area contributed by atoms with Crippen LogP contribution < -0.4 is 16.2 Å². The van der Waals surface area contributed by atoms with Crippen LogP contribution >= 0.6 is 11.8 Å². The minimum absolute atomic E-state index is 0.00261. The lowest BCUT2D eigenvalue weighted by molar-refractivity contribution is -0.117. The molecule has 0 bridgehead atoms. The van der Waals surface area contributed by atoms with Crippen molar-refractivity contribution in [1.82, 2.24) is 0 Å². The largest absolute Gasteiger partial charge is 0.325 e. The van der Waals surface area contributed by atoms with Crippen molar-refractivity contribution in [3.05, 3.63) is 24.3 Å². The van der Waals surface area contributed by atoms with E-state index >= 15 is 0 Å². The summed E-state index contributed by atoms with van der Waals surface area (Å²) in [6.45, 7) is 0. The molecule has 1 aromatic rings. The Kier molecular flexibility index (Phi) is 5.80. The number of anilines is 1. The van der Waals surface area contributed by atoms with E-state index in [1.165, 1.54) is 24.3 Å². The van der Waals surface area contributed by atoms with E-state index in [4.69, 9.17) is 10.9 Å². The second-order valence-electron chi connectivity index (χ2n) is 3.95. The van der Waals surface area contributed by atoms with Crippen molar-refractivity contribution in [3.63, 3.8) is 0 Å². The second-order valence-corrected chi connectivity index (χ2v) is 6.49. The van der Waals surface area contributed by atoms with Gasteiger partial charge in [0, 0.05) is 5.69 Å². The van der Waals surface area contributed by atoms with E-state index in [0.717, 1.165) is 5.75 Å². The van der Waals surface area contributed by atoms with Crippen molar-refractivity contribution in [2.24, 2.45) is 10.9 Å². The summed E-state index contributed by atoms with van der Waals surface area (Å²) >= 11 is 1.62. The van der Waals surface area contributed by atoms with Gasteiger partial charge in [-0.05, 0) is 42.7 Å². The molecule has 0 unspecified atom stereocenters. The highest BCUT2D eigenvalue weighted by atomic mass is 32.2. The summed E-state index contributed by atoms with van der Waals surface area (Å²) < 4.78 is 22.1. The summed E-state index contributed by atoms with van der Waals surface area (Å²) in [6, 6.07) is 5.03. The van der Waals surface area contributed by atoms with Crippen LogP contribution in [0.15, 0.2) is 29.2 Å². The van der Waals surface area contributed by atoms with Gasteiger partial charge in [-0.15, -0.1) is 0 Å². The van der Waals surface area contributed by atoms with Crippen LogP contribution in [0.5, 0.6) is 0 Å². The molecule has 106 valence electrons. The average molecular weight is 303 g/mol. The summed E-state index contributed by atoms with van der Waals surface area (Å²) in [4.78, 5) is 11.7. The number of hydrogen-bond acceptors (Lipinski definition) is 5. The summed E-state index contributed by atoms with van der Waals surface area (Å²) in [5.41, 5.74) is 6.19. The van der Waals surface area contributed by atoms with Crippen LogP contribution in [0.4, 0.5) is 5.69 Å². The number of nitrogens with one attached hydrogen (secondary N) is 1. The first-order chi connectivity index (χ1) is 8.84. The molecule has 0 spiro atoms. The molecule has 1 rings (SSSR count). The van der Waals surface area contributed by atoms with E-state index in [2.05, 4.69) is 5.32 Å². The van der Waals surface area contributed by atoms with Gasteiger partial charge in [0.05, 0.1) is 10.9 Å². The number of nitrogens with two attached hydrogens (primary N) is 2. The average Bonchev–Trinajstić information content (AvgIpc) is 2.35. The van der Waals surface area contributed by atoms with Gasteiger partial charge in [0.15, 0.2) is 0 Å². The minimum Gasteiger partial charge on any atom is -0.325 e. The molecule has 0 aromatic heterocycles. The van der Waals surface area contributed by atoms with Crippen molar-refractivity contribution >= 4 is 33.4 Å². The molecule has 6 nitrogen and oxygen atoms in total. The van der Waals surface area contributed by atoms with Crippen LogP contribution in [-0.4, -0.2) is 32.4 Å². The molecule has 1 amide bonds. The lowest BCUT2D eigenvalue weighted by Crippen LogP contribution is -2.36. The number of hydrogen-bond donors (Lipinski definition) is 3. The second kappa shape index (κ2) is 6.90. The van der Waals surface area contributed by atoms with Crippen LogP contribution in [0.1, 0.15) is 6.42 Å². The molecule has 0 aliphatic carbocycles. The third kappa shape index (κ3) is 5.19. The van der Waals surface area contributed by atoms with Crippen molar-refractivity contribution in [1.29, 1.82) is 0 Å². The normalized spacial score (nSPS) is 13.0. The number of carbonyl (C=O) groups excluding carboxylic acids is 1. The fourth-order valence-corrected chi connectivity index (χ4v) is 2.34. The molecule has 1 atom stereocenters. The van der Waals surface area contributed by atoms with Gasteiger partial charge in [-0.25, -0.2) is 13.6 Å². The zero-order valence-electron chi connectivity index (χ0n) is 10.5. The van der Waals surface area contributed by atoms with Crippen molar-refractivity contribution in [3.8, 4) is 0 Å². The highest BCUT2D eigenvalue weighted by Gasteiger charge is 2.13. The maximum atomic E-state index is 11.7. The maximum Gasteiger partial charge on any atom is 0.241 e. The Morgan fingerprint density at radius 1 is 1.37 bits per heavy atom. The van der Waals surface area contributed by atoms with Crippen molar-refractivity contribution < 1.29 is 13.2 Å². The third-order valence-electron chi connectivity index (χ3n) is 2.42. The predicted octanol–water partition coefficient (Wildman–Crippen LogP) is 0.353. The van der Waals surface area contributed by atoms with E-state index in [9.17, 15) is 13.2 Å². The summed E-state index contributed by atoms with van der Waals surface area (Å²) in [5.74, 6) is 0.510. The van der Waals surface area contributed by atoms with Gasteiger partial charge in [-0.3, -0.25) is 4.79 Å². The molecule has 19 heavy (non-hydrogen) atoms. The molecular formula is C11H17N3O3S2. The smallest absolute Gasteiger partial charge is 0.241 e. The van der Waals surface area contributed by atoms with E-state index in [1.807, 2.05) is 6.26 Å².